The first-order chi connectivity index (χ1) is 16.4. The Morgan fingerprint density at radius 2 is 1.85 bits per heavy atom. The summed E-state index contributed by atoms with van der Waals surface area (Å²) in [7, 11) is 1.55. The normalized spacial score (nSPS) is 15.9. The molecule has 7 heteroatoms. The van der Waals surface area contributed by atoms with Crippen LogP contribution in [0.15, 0.2) is 93.0 Å². The lowest BCUT2D eigenvalue weighted by Crippen LogP contribution is -2.31. The van der Waals surface area contributed by atoms with Crippen LogP contribution in [0.4, 0.5) is 5.69 Å². The molecule has 1 aliphatic rings. The number of aryl methyl sites for hydroxylation is 1. The van der Waals surface area contributed by atoms with E-state index in [1.54, 1.807) is 49.6 Å². The minimum absolute atomic E-state index is 0.0420. The Kier molecular flexibility index (Phi) is 5.49. The number of furan rings is 1. The zero-order valence-corrected chi connectivity index (χ0v) is 20.0. The minimum atomic E-state index is -0.865. The number of amides is 1. The first kappa shape index (κ1) is 22.0. The molecule has 34 heavy (non-hydrogen) atoms. The van der Waals surface area contributed by atoms with Crippen LogP contribution in [0.2, 0.25) is 0 Å². The summed E-state index contributed by atoms with van der Waals surface area (Å²) in [5.41, 5.74) is 2.55. The summed E-state index contributed by atoms with van der Waals surface area (Å²) in [4.78, 5) is 28.5. The minimum Gasteiger partial charge on any atom is -0.503 e. The molecule has 0 radical (unpaired) electrons. The summed E-state index contributed by atoms with van der Waals surface area (Å²) < 4.78 is 12.0. The third kappa shape index (κ3) is 3.58. The fourth-order valence-electron chi connectivity index (χ4n) is 4.31. The quantitative estimate of drug-likeness (QED) is 0.314. The molecule has 0 bridgehead atoms. The third-order valence-electron chi connectivity index (χ3n) is 5.94. The monoisotopic (exact) mass is 517 g/mol. The number of methoxy groups -OCH3 is 1. The maximum absolute atomic E-state index is 13.7. The van der Waals surface area contributed by atoms with Crippen LogP contribution in [0.1, 0.15) is 27.7 Å². The number of benzene rings is 3. The molecule has 0 saturated carbocycles. The third-order valence-corrected chi connectivity index (χ3v) is 6.43. The van der Waals surface area contributed by atoms with Gasteiger partial charge in [0.05, 0.1) is 18.7 Å². The van der Waals surface area contributed by atoms with Crippen molar-refractivity contribution < 1.29 is 23.8 Å². The van der Waals surface area contributed by atoms with Gasteiger partial charge in [0.1, 0.15) is 11.3 Å². The van der Waals surface area contributed by atoms with Gasteiger partial charge < -0.3 is 14.3 Å². The highest BCUT2D eigenvalue weighted by molar-refractivity contribution is 9.10. The van der Waals surface area contributed by atoms with Gasteiger partial charge in [-0.15, -0.1) is 0 Å². The molecule has 1 amide bonds. The molecule has 1 atom stereocenters. The number of carbonyl (C=O) groups excluding carboxylic acids is 2. The molecule has 6 nitrogen and oxygen atoms in total. The maximum Gasteiger partial charge on any atom is 0.294 e. The van der Waals surface area contributed by atoms with Gasteiger partial charge in [-0.05, 0) is 60.5 Å². The van der Waals surface area contributed by atoms with Gasteiger partial charge in [0, 0.05) is 15.5 Å². The Morgan fingerprint density at radius 3 is 2.62 bits per heavy atom. The summed E-state index contributed by atoms with van der Waals surface area (Å²) in [6.45, 7) is 1.87. The van der Waals surface area contributed by atoms with E-state index in [0.29, 0.717) is 22.6 Å². The number of ether oxygens (including phenoxy) is 1. The molecule has 2 heterocycles. The van der Waals surface area contributed by atoms with Crippen LogP contribution in [-0.2, 0) is 4.79 Å². The first-order valence-electron chi connectivity index (χ1n) is 10.6. The summed E-state index contributed by atoms with van der Waals surface area (Å²) in [5, 5.41) is 11.7. The van der Waals surface area contributed by atoms with Gasteiger partial charge in [0.2, 0.25) is 5.78 Å². The Bertz CT molecular complexity index is 1490. The van der Waals surface area contributed by atoms with Crippen LogP contribution in [-0.4, -0.2) is 23.9 Å². The van der Waals surface area contributed by atoms with Gasteiger partial charge in [-0.2, -0.15) is 0 Å². The molecule has 0 aliphatic carbocycles. The molecule has 1 N–H and O–H groups in total. The highest BCUT2D eigenvalue weighted by atomic mass is 79.9. The van der Waals surface area contributed by atoms with Crippen molar-refractivity contribution in [2.75, 3.05) is 12.0 Å². The number of Topliss-reactive ketones (excluding diaryl/α,β-unsaturated/α-hetero) is 1. The molecule has 170 valence electrons. The summed E-state index contributed by atoms with van der Waals surface area (Å²) in [6, 6.07) is 20.6. The van der Waals surface area contributed by atoms with Crippen molar-refractivity contribution in [2.24, 2.45) is 0 Å². The van der Waals surface area contributed by atoms with Gasteiger partial charge in [-0.25, -0.2) is 0 Å². The number of aliphatic hydroxyl groups excluding tert-OH is 1. The predicted octanol–water partition coefficient (Wildman–Crippen LogP) is 6.30. The van der Waals surface area contributed by atoms with Crippen molar-refractivity contribution in [2.45, 2.75) is 13.0 Å². The highest BCUT2D eigenvalue weighted by Crippen LogP contribution is 2.43. The van der Waals surface area contributed by atoms with Gasteiger partial charge in [-0.3, -0.25) is 14.5 Å². The van der Waals surface area contributed by atoms with Crippen LogP contribution in [0.3, 0.4) is 0 Å². The SMILES string of the molecule is COc1cccc(C2C(C(=O)c3cc4cc(Br)ccc4o3)=C(O)C(=O)N2c2ccccc2C)c1. The lowest BCUT2D eigenvalue weighted by Gasteiger charge is -2.28. The highest BCUT2D eigenvalue weighted by Gasteiger charge is 2.45. The molecule has 0 saturated heterocycles. The average Bonchev–Trinajstić information content (AvgIpc) is 3.37. The van der Waals surface area contributed by atoms with Crippen LogP contribution in [0, 0.1) is 6.92 Å². The van der Waals surface area contributed by atoms with Gasteiger partial charge in [-0.1, -0.05) is 46.3 Å². The molecular formula is C27H20BrNO5. The summed E-state index contributed by atoms with van der Waals surface area (Å²) in [6.07, 6.45) is 0. The molecule has 0 fully saturated rings. The van der Waals surface area contributed by atoms with E-state index in [1.807, 2.05) is 37.3 Å². The number of halogens is 1. The van der Waals surface area contributed by atoms with E-state index in [9.17, 15) is 14.7 Å². The molecule has 0 spiro atoms. The average molecular weight is 518 g/mol. The van der Waals surface area contributed by atoms with Crippen LogP contribution >= 0.6 is 15.9 Å². The molecule has 5 rings (SSSR count). The number of nitrogens with zero attached hydrogens (tertiary/aromatic N) is 1. The topological polar surface area (TPSA) is 80.0 Å². The number of rotatable bonds is 5. The van der Waals surface area contributed by atoms with Crippen molar-refractivity contribution in [1.29, 1.82) is 0 Å². The molecule has 4 aromatic rings. The number of para-hydroxylation sites is 1. The van der Waals surface area contributed by atoms with Crippen LogP contribution in [0.25, 0.3) is 11.0 Å². The predicted molar refractivity (Wildman–Crippen MR) is 132 cm³/mol. The van der Waals surface area contributed by atoms with Crippen LogP contribution in [0.5, 0.6) is 5.75 Å². The standard InChI is InChI=1S/C27H20BrNO5/c1-15-6-3-4-9-20(15)29-24(16-7-5-8-19(13-16)33-2)23(26(31)27(29)32)25(30)22-14-17-12-18(28)10-11-21(17)34-22/h3-14,24,31H,1-2H3. The van der Waals surface area contributed by atoms with E-state index in [4.69, 9.17) is 9.15 Å². The van der Waals surface area contributed by atoms with Gasteiger partial charge in [0.15, 0.2) is 11.5 Å². The zero-order valence-electron chi connectivity index (χ0n) is 18.4. The van der Waals surface area contributed by atoms with Crippen LogP contribution < -0.4 is 9.64 Å². The largest absolute Gasteiger partial charge is 0.503 e. The number of carbonyl (C=O) groups is 2. The first-order valence-corrected chi connectivity index (χ1v) is 11.4. The number of hydrogen-bond donors (Lipinski definition) is 1. The summed E-state index contributed by atoms with van der Waals surface area (Å²) in [5.74, 6) is -1.18. The number of anilines is 1. The van der Waals surface area contributed by atoms with Gasteiger partial charge >= 0.3 is 0 Å². The number of fused-ring (bicyclic) bond motifs is 1. The van der Waals surface area contributed by atoms with E-state index >= 15 is 0 Å². The van der Waals surface area contributed by atoms with E-state index in [0.717, 1.165) is 15.4 Å². The molecule has 1 aliphatic heterocycles. The zero-order chi connectivity index (χ0) is 24.0. The molecule has 3 aromatic carbocycles. The lowest BCUT2D eigenvalue weighted by atomic mass is 9.94. The van der Waals surface area contributed by atoms with E-state index in [-0.39, 0.29) is 11.3 Å². The molecular weight excluding hydrogens is 498 g/mol. The van der Waals surface area contributed by atoms with E-state index in [2.05, 4.69) is 15.9 Å². The fourth-order valence-corrected chi connectivity index (χ4v) is 4.68. The Labute approximate surface area is 204 Å². The lowest BCUT2D eigenvalue weighted by molar-refractivity contribution is -0.117. The molecule has 1 unspecified atom stereocenters. The van der Waals surface area contributed by atoms with Crippen molar-refractivity contribution in [3.8, 4) is 5.75 Å². The second kappa shape index (κ2) is 8.50. The van der Waals surface area contributed by atoms with E-state index in [1.165, 1.54) is 4.90 Å². The van der Waals surface area contributed by atoms with Crippen molar-refractivity contribution in [1.82, 2.24) is 0 Å². The Hall–Kier alpha value is -3.84. The second-order valence-electron chi connectivity index (χ2n) is 8.02. The molecule has 1 aromatic heterocycles. The number of ketones is 1. The van der Waals surface area contributed by atoms with Crippen molar-refractivity contribution in [3.05, 3.63) is 105 Å². The number of hydrogen-bond acceptors (Lipinski definition) is 5. The van der Waals surface area contributed by atoms with Crippen molar-refractivity contribution >= 4 is 44.3 Å². The fraction of sp³-hybridized carbons (Fsp3) is 0.111. The smallest absolute Gasteiger partial charge is 0.294 e. The Balaban J connectivity index is 1.68. The van der Waals surface area contributed by atoms with E-state index < -0.39 is 23.5 Å². The number of aliphatic hydroxyl groups is 1. The Morgan fingerprint density at radius 1 is 1.06 bits per heavy atom. The maximum atomic E-state index is 13.7. The summed E-state index contributed by atoms with van der Waals surface area (Å²) >= 11 is 3.42. The van der Waals surface area contributed by atoms with Crippen molar-refractivity contribution in [3.63, 3.8) is 0 Å². The second-order valence-corrected chi connectivity index (χ2v) is 8.94. The van der Waals surface area contributed by atoms with Gasteiger partial charge in [0.25, 0.3) is 5.91 Å².